The van der Waals surface area contributed by atoms with Crippen molar-refractivity contribution < 1.29 is 0 Å². The van der Waals surface area contributed by atoms with E-state index in [0.717, 1.165) is 24.4 Å². The average molecular weight is 255 g/mol. The number of hydrogen-bond acceptors (Lipinski definition) is 2. The minimum atomic E-state index is 0.795. The van der Waals surface area contributed by atoms with E-state index in [9.17, 15) is 0 Å². The summed E-state index contributed by atoms with van der Waals surface area (Å²) >= 11 is 0. The van der Waals surface area contributed by atoms with Crippen LogP contribution in [0.1, 0.15) is 23.6 Å². The highest BCUT2D eigenvalue weighted by atomic mass is 15.3. The van der Waals surface area contributed by atoms with Crippen molar-refractivity contribution in [1.82, 2.24) is 14.7 Å². The number of aryl methyl sites for hydroxylation is 1. The minimum absolute atomic E-state index is 0.795. The van der Waals surface area contributed by atoms with Crippen molar-refractivity contribution in [3.8, 4) is 0 Å². The fraction of sp³-hybridized carbons (Fsp3) is 0.312. The van der Waals surface area contributed by atoms with Crippen LogP contribution in [0.4, 0.5) is 0 Å². The van der Waals surface area contributed by atoms with Crippen molar-refractivity contribution in [2.24, 2.45) is 0 Å². The van der Waals surface area contributed by atoms with Gasteiger partial charge in [-0.15, -0.1) is 0 Å². The van der Waals surface area contributed by atoms with Gasteiger partial charge in [0.2, 0.25) is 0 Å². The zero-order valence-corrected chi connectivity index (χ0v) is 11.9. The maximum atomic E-state index is 4.40. The summed E-state index contributed by atoms with van der Waals surface area (Å²) in [5.41, 5.74) is 4.63. The first kappa shape index (κ1) is 13.4. The fourth-order valence-electron chi connectivity index (χ4n) is 1.89. The quantitative estimate of drug-likeness (QED) is 0.818. The third kappa shape index (κ3) is 3.25. The Morgan fingerprint density at radius 2 is 2.00 bits per heavy atom. The summed E-state index contributed by atoms with van der Waals surface area (Å²) < 4.78 is 1.95. The van der Waals surface area contributed by atoms with E-state index in [0.29, 0.717) is 0 Å². The first-order valence-electron chi connectivity index (χ1n) is 6.58. The van der Waals surface area contributed by atoms with Crippen molar-refractivity contribution in [1.29, 1.82) is 0 Å². The molecule has 19 heavy (non-hydrogen) atoms. The van der Waals surface area contributed by atoms with E-state index in [1.54, 1.807) is 0 Å². The molecular formula is C16H21N3. The van der Waals surface area contributed by atoms with Gasteiger partial charge in [-0.3, -0.25) is 4.68 Å². The van der Waals surface area contributed by atoms with E-state index >= 15 is 0 Å². The van der Waals surface area contributed by atoms with Crippen LogP contribution in [-0.2, 0) is 6.54 Å². The zero-order valence-electron chi connectivity index (χ0n) is 11.9. The normalized spacial score (nSPS) is 10.5. The van der Waals surface area contributed by atoms with Crippen molar-refractivity contribution in [3.63, 3.8) is 0 Å². The van der Waals surface area contributed by atoms with Gasteiger partial charge in [-0.2, -0.15) is 5.10 Å². The van der Waals surface area contributed by atoms with Gasteiger partial charge in [0.05, 0.1) is 12.7 Å². The lowest BCUT2D eigenvalue weighted by molar-refractivity contribution is 0.510. The molecule has 1 aromatic carbocycles. The molecule has 0 amide bonds. The molecule has 0 unspecified atom stereocenters. The molecule has 0 fully saturated rings. The molecule has 0 spiro atoms. The molecule has 3 heteroatoms. The monoisotopic (exact) mass is 255 g/mol. The van der Waals surface area contributed by atoms with Crippen LogP contribution in [0.25, 0.3) is 5.70 Å². The molecular weight excluding hydrogens is 234 g/mol. The van der Waals surface area contributed by atoms with E-state index in [-0.39, 0.29) is 0 Å². The number of aromatic nitrogens is 2. The van der Waals surface area contributed by atoms with Crippen LogP contribution in [0.2, 0.25) is 0 Å². The molecule has 0 saturated heterocycles. The van der Waals surface area contributed by atoms with Crippen LogP contribution >= 0.6 is 0 Å². The van der Waals surface area contributed by atoms with Gasteiger partial charge in [0.1, 0.15) is 0 Å². The lowest BCUT2D eigenvalue weighted by Crippen LogP contribution is -2.14. The first-order chi connectivity index (χ1) is 9.10. The van der Waals surface area contributed by atoms with E-state index in [1.165, 1.54) is 11.1 Å². The Balaban J connectivity index is 2.09. The van der Waals surface area contributed by atoms with Crippen LogP contribution in [-0.4, -0.2) is 28.3 Å². The highest BCUT2D eigenvalue weighted by Crippen LogP contribution is 2.15. The van der Waals surface area contributed by atoms with Crippen LogP contribution < -0.4 is 0 Å². The maximum Gasteiger partial charge on any atom is 0.0659 e. The first-order valence-corrected chi connectivity index (χ1v) is 6.58. The van der Waals surface area contributed by atoms with Gasteiger partial charge in [-0.1, -0.05) is 36.4 Å². The Bertz CT molecular complexity index is 552. The topological polar surface area (TPSA) is 21.1 Å². The molecule has 2 rings (SSSR count). The van der Waals surface area contributed by atoms with Crippen LogP contribution in [0.15, 0.2) is 43.2 Å². The molecule has 0 atom stereocenters. The second kappa shape index (κ2) is 5.74. The fourth-order valence-corrected chi connectivity index (χ4v) is 1.89. The summed E-state index contributed by atoms with van der Waals surface area (Å²) in [7, 11) is 2.04. The van der Waals surface area contributed by atoms with Gasteiger partial charge < -0.3 is 4.90 Å². The van der Waals surface area contributed by atoms with Gasteiger partial charge in [-0.05, 0) is 19.4 Å². The Morgan fingerprint density at radius 1 is 1.32 bits per heavy atom. The Labute approximate surface area is 115 Å². The summed E-state index contributed by atoms with van der Waals surface area (Å²) in [5.74, 6) is 0. The molecule has 2 aromatic rings. The third-order valence-corrected chi connectivity index (χ3v) is 3.37. The summed E-state index contributed by atoms with van der Waals surface area (Å²) in [4.78, 5) is 2.12. The van der Waals surface area contributed by atoms with Gasteiger partial charge in [0.15, 0.2) is 0 Å². The zero-order chi connectivity index (χ0) is 13.8. The molecule has 0 radical (unpaired) electrons. The van der Waals surface area contributed by atoms with Crippen molar-refractivity contribution in [3.05, 3.63) is 59.9 Å². The summed E-state index contributed by atoms with van der Waals surface area (Å²) in [6, 6.07) is 8.54. The minimum Gasteiger partial charge on any atom is -0.375 e. The third-order valence-electron chi connectivity index (χ3n) is 3.37. The standard InChI is InChI=1S/C16H21N3/c1-5-18(4)14(3)16-10-17-19(12-16)11-15-8-6-13(2)7-9-15/h6-10,12H,3,5,11H2,1-2,4H3. The van der Waals surface area contributed by atoms with Crippen molar-refractivity contribution in [2.45, 2.75) is 20.4 Å². The van der Waals surface area contributed by atoms with Crippen LogP contribution in [0.5, 0.6) is 0 Å². The predicted molar refractivity (Wildman–Crippen MR) is 79.8 cm³/mol. The lowest BCUT2D eigenvalue weighted by atomic mass is 10.1. The van der Waals surface area contributed by atoms with Gasteiger partial charge >= 0.3 is 0 Å². The Morgan fingerprint density at radius 3 is 2.63 bits per heavy atom. The van der Waals surface area contributed by atoms with Gasteiger partial charge in [0, 0.05) is 31.0 Å². The highest BCUT2D eigenvalue weighted by molar-refractivity contribution is 5.60. The van der Waals surface area contributed by atoms with Crippen LogP contribution in [0, 0.1) is 6.92 Å². The molecule has 0 bridgehead atoms. The largest absolute Gasteiger partial charge is 0.375 e. The summed E-state index contributed by atoms with van der Waals surface area (Å²) in [5, 5.41) is 4.40. The molecule has 3 nitrogen and oxygen atoms in total. The Hall–Kier alpha value is -2.03. The van der Waals surface area contributed by atoms with E-state index in [4.69, 9.17) is 0 Å². The predicted octanol–water partition coefficient (Wildman–Crippen LogP) is 3.16. The smallest absolute Gasteiger partial charge is 0.0659 e. The number of hydrogen-bond donors (Lipinski definition) is 0. The van der Waals surface area contributed by atoms with Crippen LogP contribution in [0.3, 0.4) is 0 Å². The SMILES string of the molecule is C=C(c1cnn(Cc2ccc(C)cc2)c1)N(C)CC. The molecule has 100 valence electrons. The van der Waals surface area contributed by atoms with E-state index in [1.807, 2.05) is 24.1 Å². The molecule has 1 heterocycles. The lowest BCUT2D eigenvalue weighted by Gasteiger charge is -2.17. The average Bonchev–Trinajstić information content (AvgIpc) is 2.88. The van der Waals surface area contributed by atoms with E-state index < -0.39 is 0 Å². The number of benzene rings is 1. The molecule has 0 aliphatic heterocycles. The highest BCUT2D eigenvalue weighted by Gasteiger charge is 2.06. The second-order valence-electron chi connectivity index (χ2n) is 4.87. The number of rotatable bonds is 5. The van der Waals surface area contributed by atoms with E-state index in [2.05, 4.69) is 54.7 Å². The molecule has 1 aromatic heterocycles. The summed E-state index contributed by atoms with van der Waals surface area (Å²) in [6.07, 6.45) is 3.93. The summed E-state index contributed by atoms with van der Waals surface area (Å²) in [6.45, 7) is 10.1. The maximum absolute atomic E-state index is 4.40. The molecule has 0 N–H and O–H groups in total. The molecule has 0 saturated carbocycles. The number of nitrogens with zero attached hydrogens (tertiary/aromatic N) is 3. The van der Waals surface area contributed by atoms with Crippen molar-refractivity contribution in [2.75, 3.05) is 13.6 Å². The Kier molecular flexibility index (Phi) is 4.05. The van der Waals surface area contributed by atoms with Crippen molar-refractivity contribution >= 4 is 5.70 Å². The van der Waals surface area contributed by atoms with Gasteiger partial charge in [-0.25, -0.2) is 0 Å². The molecule has 0 aliphatic rings. The van der Waals surface area contributed by atoms with Gasteiger partial charge in [0.25, 0.3) is 0 Å². The molecule has 0 aliphatic carbocycles. The second-order valence-corrected chi connectivity index (χ2v) is 4.87.